The van der Waals surface area contributed by atoms with Crippen molar-refractivity contribution in [1.82, 2.24) is 5.32 Å². The van der Waals surface area contributed by atoms with E-state index in [4.69, 9.17) is 0 Å². The summed E-state index contributed by atoms with van der Waals surface area (Å²) in [7, 11) is 0. The van der Waals surface area contributed by atoms with Crippen molar-refractivity contribution in [3.05, 3.63) is 59.7 Å². The first-order valence-corrected chi connectivity index (χ1v) is 6.88. The minimum Gasteiger partial charge on any atom is -0.303 e. The van der Waals surface area contributed by atoms with Crippen LogP contribution in [-0.2, 0) is 0 Å². The molecule has 2 aromatic rings. The highest BCUT2D eigenvalue weighted by molar-refractivity contribution is 5.78. The Balaban J connectivity index is 1.81. The molecule has 0 saturated heterocycles. The summed E-state index contributed by atoms with van der Waals surface area (Å²) in [6.45, 7) is 0. The van der Waals surface area contributed by atoms with Crippen LogP contribution in [0.2, 0.25) is 0 Å². The maximum Gasteiger partial charge on any atom is 0.0591 e. The van der Waals surface area contributed by atoms with Crippen LogP contribution in [0.5, 0.6) is 0 Å². The fourth-order valence-electron chi connectivity index (χ4n) is 3.15. The van der Waals surface area contributed by atoms with Crippen molar-refractivity contribution >= 4 is 0 Å². The SMILES string of the molecule is c1ccc2c(c1)-c1ccccc1C2NC1CCC1. The van der Waals surface area contributed by atoms with Crippen LogP contribution < -0.4 is 5.32 Å². The van der Waals surface area contributed by atoms with Gasteiger partial charge in [-0.3, -0.25) is 0 Å². The minimum absolute atomic E-state index is 0.405. The lowest BCUT2D eigenvalue weighted by atomic mass is 9.91. The van der Waals surface area contributed by atoms with Crippen LogP contribution in [0.25, 0.3) is 11.1 Å². The molecule has 18 heavy (non-hydrogen) atoms. The highest BCUT2D eigenvalue weighted by Crippen LogP contribution is 2.43. The van der Waals surface area contributed by atoms with Crippen LogP contribution in [0.4, 0.5) is 0 Å². The Morgan fingerprint density at radius 2 is 1.33 bits per heavy atom. The summed E-state index contributed by atoms with van der Waals surface area (Å²) in [4.78, 5) is 0. The van der Waals surface area contributed by atoms with E-state index in [0.29, 0.717) is 12.1 Å². The maximum absolute atomic E-state index is 3.83. The number of fused-ring (bicyclic) bond motifs is 3. The lowest BCUT2D eigenvalue weighted by Gasteiger charge is -2.30. The topological polar surface area (TPSA) is 12.0 Å². The third-order valence-electron chi connectivity index (χ3n) is 4.34. The van der Waals surface area contributed by atoms with Gasteiger partial charge in [-0.2, -0.15) is 0 Å². The molecule has 2 aliphatic carbocycles. The molecule has 2 aromatic carbocycles. The molecule has 0 amide bonds. The Kier molecular flexibility index (Phi) is 2.27. The van der Waals surface area contributed by atoms with E-state index in [9.17, 15) is 0 Å². The van der Waals surface area contributed by atoms with Crippen molar-refractivity contribution in [2.24, 2.45) is 0 Å². The van der Waals surface area contributed by atoms with Gasteiger partial charge in [0, 0.05) is 6.04 Å². The molecule has 0 aliphatic heterocycles. The normalized spacial score (nSPS) is 18.2. The monoisotopic (exact) mass is 235 g/mol. The van der Waals surface area contributed by atoms with Gasteiger partial charge >= 0.3 is 0 Å². The fourth-order valence-corrected chi connectivity index (χ4v) is 3.15. The predicted molar refractivity (Wildman–Crippen MR) is 74.5 cm³/mol. The van der Waals surface area contributed by atoms with E-state index in [1.165, 1.54) is 41.5 Å². The van der Waals surface area contributed by atoms with E-state index < -0.39 is 0 Å². The van der Waals surface area contributed by atoms with E-state index >= 15 is 0 Å². The van der Waals surface area contributed by atoms with Crippen molar-refractivity contribution in [1.29, 1.82) is 0 Å². The van der Waals surface area contributed by atoms with Crippen LogP contribution in [0.15, 0.2) is 48.5 Å². The number of hydrogen-bond donors (Lipinski definition) is 1. The quantitative estimate of drug-likeness (QED) is 0.832. The molecule has 0 bridgehead atoms. The number of nitrogens with one attached hydrogen (secondary N) is 1. The average Bonchev–Trinajstić information content (AvgIpc) is 2.69. The molecular formula is C17H17N. The second-order valence-electron chi connectivity index (χ2n) is 5.40. The molecule has 0 atom stereocenters. The van der Waals surface area contributed by atoms with E-state index in [-0.39, 0.29) is 0 Å². The molecule has 1 heteroatoms. The van der Waals surface area contributed by atoms with Crippen molar-refractivity contribution in [3.8, 4) is 11.1 Å². The second-order valence-corrected chi connectivity index (χ2v) is 5.40. The Labute approximate surface area is 108 Å². The van der Waals surface area contributed by atoms with Gasteiger partial charge in [-0.25, -0.2) is 0 Å². The van der Waals surface area contributed by atoms with Gasteiger partial charge in [0.05, 0.1) is 6.04 Å². The van der Waals surface area contributed by atoms with Gasteiger partial charge in [0.2, 0.25) is 0 Å². The summed E-state index contributed by atoms with van der Waals surface area (Å²) in [6.07, 6.45) is 4.05. The van der Waals surface area contributed by atoms with E-state index in [0.717, 1.165) is 0 Å². The van der Waals surface area contributed by atoms with E-state index in [1.807, 2.05) is 0 Å². The first-order chi connectivity index (χ1) is 8.93. The summed E-state index contributed by atoms with van der Waals surface area (Å²) in [5.41, 5.74) is 5.71. The van der Waals surface area contributed by atoms with Gasteiger partial charge in [-0.05, 0) is 35.1 Å². The molecule has 0 heterocycles. The molecule has 1 nitrogen and oxygen atoms in total. The number of benzene rings is 2. The fraction of sp³-hybridized carbons (Fsp3) is 0.294. The van der Waals surface area contributed by atoms with Crippen LogP contribution >= 0.6 is 0 Å². The molecule has 1 fully saturated rings. The zero-order valence-corrected chi connectivity index (χ0v) is 10.4. The van der Waals surface area contributed by atoms with Crippen LogP contribution in [0, 0.1) is 0 Å². The van der Waals surface area contributed by atoms with Gasteiger partial charge in [0.1, 0.15) is 0 Å². The summed E-state index contributed by atoms with van der Waals surface area (Å²) < 4.78 is 0. The molecule has 0 unspecified atom stereocenters. The van der Waals surface area contributed by atoms with Gasteiger partial charge in [-0.1, -0.05) is 55.0 Å². The van der Waals surface area contributed by atoms with Crippen molar-refractivity contribution in [3.63, 3.8) is 0 Å². The van der Waals surface area contributed by atoms with Crippen molar-refractivity contribution in [2.45, 2.75) is 31.3 Å². The van der Waals surface area contributed by atoms with E-state index in [1.54, 1.807) is 0 Å². The smallest absolute Gasteiger partial charge is 0.0591 e. The lowest BCUT2D eigenvalue weighted by molar-refractivity contribution is 0.322. The van der Waals surface area contributed by atoms with Crippen molar-refractivity contribution in [2.75, 3.05) is 0 Å². The maximum atomic E-state index is 3.83. The molecule has 1 saturated carbocycles. The van der Waals surface area contributed by atoms with Gasteiger partial charge in [0.25, 0.3) is 0 Å². The first-order valence-electron chi connectivity index (χ1n) is 6.88. The van der Waals surface area contributed by atoms with Crippen LogP contribution in [-0.4, -0.2) is 6.04 Å². The standard InChI is InChI=1S/C17H17N/c1-3-10-15-13(8-1)14-9-2-4-11-16(14)17(15)18-12-6-5-7-12/h1-4,8-12,17-18H,5-7H2. The predicted octanol–water partition coefficient (Wildman–Crippen LogP) is 3.90. The highest BCUT2D eigenvalue weighted by Gasteiger charge is 2.30. The zero-order valence-electron chi connectivity index (χ0n) is 10.4. The first kappa shape index (κ1) is 10.3. The molecule has 1 N–H and O–H groups in total. The molecule has 90 valence electrons. The molecule has 0 aromatic heterocycles. The zero-order chi connectivity index (χ0) is 11.9. The Bertz CT molecular complexity index is 538. The summed E-state index contributed by atoms with van der Waals surface area (Å²) >= 11 is 0. The molecule has 0 spiro atoms. The molecular weight excluding hydrogens is 218 g/mol. The highest BCUT2D eigenvalue weighted by atomic mass is 15.0. The largest absolute Gasteiger partial charge is 0.303 e. The van der Waals surface area contributed by atoms with Gasteiger partial charge < -0.3 is 5.32 Å². The number of hydrogen-bond acceptors (Lipinski definition) is 1. The van der Waals surface area contributed by atoms with Gasteiger partial charge in [0.15, 0.2) is 0 Å². The van der Waals surface area contributed by atoms with E-state index in [2.05, 4.69) is 53.8 Å². The molecule has 4 rings (SSSR count). The Hall–Kier alpha value is -1.60. The summed E-state index contributed by atoms with van der Waals surface area (Å²) in [5.74, 6) is 0. The van der Waals surface area contributed by atoms with Gasteiger partial charge in [-0.15, -0.1) is 0 Å². The van der Waals surface area contributed by atoms with Crippen LogP contribution in [0.1, 0.15) is 36.4 Å². The minimum atomic E-state index is 0.405. The second kappa shape index (κ2) is 3.96. The summed E-state index contributed by atoms with van der Waals surface area (Å²) in [5, 5.41) is 3.83. The Morgan fingerprint density at radius 1 is 0.778 bits per heavy atom. The Morgan fingerprint density at radius 3 is 1.83 bits per heavy atom. The van der Waals surface area contributed by atoms with Crippen molar-refractivity contribution < 1.29 is 0 Å². The number of rotatable bonds is 2. The molecule has 0 radical (unpaired) electrons. The molecule has 2 aliphatic rings. The lowest BCUT2D eigenvalue weighted by Crippen LogP contribution is -2.37. The third kappa shape index (κ3) is 1.44. The third-order valence-corrected chi connectivity index (χ3v) is 4.34. The van der Waals surface area contributed by atoms with Crippen LogP contribution in [0.3, 0.4) is 0 Å². The summed E-state index contributed by atoms with van der Waals surface area (Å²) in [6, 6.07) is 18.7. The average molecular weight is 235 g/mol.